The van der Waals surface area contributed by atoms with Gasteiger partial charge in [0.1, 0.15) is 11.6 Å². The molecule has 102 valence electrons. The first-order chi connectivity index (χ1) is 8.97. The Balaban J connectivity index is 2.15. The molecule has 2 aromatic rings. The Morgan fingerprint density at radius 2 is 1.95 bits per heavy atom. The molecule has 0 radical (unpaired) electrons. The summed E-state index contributed by atoms with van der Waals surface area (Å²) in [5.41, 5.74) is 7.16. The van der Waals surface area contributed by atoms with E-state index in [1.165, 1.54) is 4.68 Å². The van der Waals surface area contributed by atoms with E-state index >= 15 is 0 Å². The van der Waals surface area contributed by atoms with Crippen molar-refractivity contribution >= 4 is 5.82 Å². The smallest absolute Gasteiger partial charge is 0.271 e. The zero-order chi connectivity index (χ0) is 14.0. The van der Waals surface area contributed by atoms with Crippen molar-refractivity contribution in [3.05, 3.63) is 45.7 Å². The molecule has 3 N–H and O–H groups in total. The molecule has 0 aliphatic carbocycles. The maximum atomic E-state index is 11.8. The minimum Gasteiger partial charge on any atom is -0.491 e. The first kappa shape index (κ1) is 13.3. The first-order valence-electron chi connectivity index (χ1n) is 6.28. The number of aromatic nitrogens is 2. The van der Waals surface area contributed by atoms with Crippen LogP contribution in [0, 0.1) is 6.92 Å². The summed E-state index contributed by atoms with van der Waals surface area (Å²) in [5, 5.41) is 2.86. The average molecular weight is 261 g/mol. The van der Waals surface area contributed by atoms with E-state index in [1.807, 2.05) is 38.1 Å². The predicted octanol–water partition coefficient (Wildman–Crippen LogP) is 1.90. The lowest BCUT2D eigenvalue weighted by atomic mass is 10.2. The van der Waals surface area contributed by atoms with Crippen LogP contribution in [0.1, 0.15) is 25.0 Å². The van der Waals surface area contributed by atoms with Gasteiger partial charge in [-0.3, -0.25) is 9.89 Å². The molecule has 0 saturated carbocycles. The minimum absolute atomic E-state index is 0.0833. The van der Waals surface area contributed by atoms with E-state index in [9.17, 15) is 4.79 Å². The number of nitrogens with zero attached hydrogens (tertiary/aromatic N) is 1. The first-order valence-corrected chi connectivity index (χ1v) is 6.28. The van der Waals surface area contributed by atoms with Crippen LogP contribution in [0.5, 0.6) is 5.75 Å². The summed E-state index contributed by atoms with van der Waals surface area (Å²) in [6.07, 6.45) is 0.152. The number of rotatable bonds is 4. The number of nitrogens with two attached hydrogens (primary N) is 1. The number of hydrogen-bond acceptors (Lipinski definition) is 3. The zero-order valence-corrected chi connectivity index (χ0v) is 11.4. The van der Waals surface area contributed by atoms with E-state index in [1.54, 1.807) is 6.92 Å². The molecule has 0 spiro atoms. The fraction of sp³-hybridized carbons (Fsp3) is 0.357. The van der Waals surface area contributed by atoms with Crippen LogP contribution in [0.15, 0.2) is 29.1 Å². The van der Waals surface area contributed by atoms with Crippen molar-refractivity contribution in [1.82, 2.24) is 9.78 Å². The molecule has 0 fully saturated rings. The average Bonchev–Trinajstić information content (AvgIpc) is 2.59. The third kappa shape index (κ3) is 2.99. The van der Waals surface area contributed by atoms with Crippen molar-refractivity contribution in [2.45, 2.75) is 33.4 Å². The molecule has 0 saturated heterocycles. The van der Waals surface area contributed by atoms with Crippen molar-refractivity contribution in [2.24, 2.45) is 0 Å². The molecule has 0 aliphatic heterocycles. The second-order valence-electron chi connectivity index (χ2n) is 4.85. The summed E-state index contributed by atoms with van der Waals surface area (Å²) in [7, 11) is 0. The molecule has 0 atom stereocenters. The second-order valence-corrected chi connectivity index (χ2v) is 4.85. The Kier molecular flexibility index (Phi) is 3.64. The lowest BCUT2D eigenvalue weighted by molar-refractivity contribution is 0.242. The fourth-order valence-corrected chi connectivity index (χ4v) is 1.84. The van der Waals surface area contributed by atoms with Gasteiger partial charge in [0.05, 0.1) is 18.2 Å². The van der Waals surface area contributed by atoms with Crippen molar-refractivity contribution in [3.8, 4) is 5.75 Å². The van der Waals surface area contributed by atoms with Crippen molar-refractivity contribution < 1.29 is 4.74 Å². The Labute approximate surface area is 112 Å². The van der Waals surface area contributed by atoms with Crippen LogP contribution in [-0.2, 0) is 6.54 Å². The van der Waals surface area contributed by atoms with Gasteiger partial charge in [0, 0.05) is 0 Å². The highest BCUT2D eigenvalue weighted by molar-refractivity contribution is 5.36. The van der Waals surface area contributed by atoms with Crippen LogP contribution in [0.4, 0.5) is 5.82 Å². The Morgan fingerprint density at radius 1 is 1.32 bits per heavy atom. The summed E-state index contributed by atoms with van der Waals surface area (Å²) in [6, 6.07) is 7.69. The third-order valence-corrected chi connectivity index (χ3v) is 2.86. The molecule has 1 aromatic heterocycles. The highest BCUT2D eigenvalue weighted by atomic mass is 16.5. The van der Waals surface area contributed by atoms with Crippen molar-refractivity contribution in [1.29, 1.82) is 0 Å². The van der Waals surface area contributed by atoms with Gasteiger partial charge in [0.25, 0.3) is 5.56 Å². The summed E-state index contributed by atoms with van der Waals surface area (Å²) in [4.78, 5) is 11.8. The van der Waals surface area contributed by atoms with Gasteiger partial charge in [0.15, 0.2) is 0 Å². The van der Waals surface area contributed by atoms with Crippen LogP contribution < -0.4 is 16.0 Å². The second kappa shape index (κ2) is 5.22. The number of hydrogen-bond donors (Lipinski definition) is 2. The molecule has 19 heavy (non-hydrogen) atoms. The maximum Gasteiger partial charge on any atom is 0.271 e. The number of aromatic amines is 1. The van der Waals surface area contributed by atoms with Gasteiger partial charge in [-0.15, -0.1) is 0 Å². The SMILES string of the molecule is Cc1c(N)[nH]n(Cc2ccc(OC(C)C)cc2)c1=O. The Hall–Kier alpha value is -2.17. The van der Waals surface area contributed by atoms with E-state index in [0.717, 1.165) is 11.3 Å². The van der Waals surface area contributed by atoms with Gasteiger partial charge < -0.3 is 10.5 Å². The summed E-state index contributed by atoms with van der Waals surface area (Å²) < 4.78 is 7.07. The van der Waals surface area contributed by atoms with E-state index in [4.69, 9.17) is 10.5 Å². The third-order valence-electron chi connectivity index (χ3n) is 2.86. The lowest BCUT2D eigenvalue weighted by Crippen LogP contribution is -2.18. The summed E-state index contributed by atoms with van der Waals surface area (Å²) in [6.45, 7) is 6.15. The molecule has 1 aromatic carbocycles. The molecule has 0 unspecified atom stereocenters. The number of nitrogen functional groups attached to an aromatic ring is 1. The molecule has 5 heteroatoms. The van der Waals surface area contributed by atoms with Crippen LogP contribution in [0.2, 0.25) is 0 Å². The van der Waals surface area contributed by atoms with Gasteiger partial charge in [-0.05, 0) is 38.5 Å². The normalized spacial score (nSPS) is 10.9. The quantitative estimate of drug-likeness (QED) is 0.883. The van der Waals surface area contributed by atoms with E-state index in [-0.39, 0.29) is 11.7 Å². The van der Waals surface area contributed by atoms with Gasteiger partial charge in [0.2, 0.25) is 0 Å². The molecule has 0 amide bonds. The van der Waals surface area contributed by atoms with Crippen LogP contribution in [-0.4, -0.2) is 15.9 Å². The zero-order valence-electron chi connectivity index (χ0n) is 11.4. The monoisotopic (exact) mass is 261 g/mol. The van der Waals surface area contributed by atoms with Crippen molar-refractivity contribution in [2.75, 3.05) is 5.73 Å². The number of nitrogens with one attached hydrogen (secondary N) is 1. The lowest BCUT2D eigenvalue weighted by Gasteiger charge is -2.10. The number of ether oxygens (including phenoxy) is 1. The van der Waals surface area contributed by atoms with E-state index in [2.05, 4.69) is 5.10 Å². The molecule has 5 nitrogen and oxygen atoms in total. The van der Waals surface area contributed by atoms with Crippen molar-refractivity contribution in [3.63, 3.8) is 0 Å². The minimum atomic E-state index is -0.0833. The summed E-state index contributed by atoms with van der Waals surface area (Å²) >= 11 is 0. The van der Waals surface area contributed by atoms with Gasteiger partial charge in [-0.2, -0.15) is 0 Å². The standard InChI is InChI=1S/C14H19N3O2/c1-9(2)19-12-6-4-11(5-7-12)8-17-14(18)10(3)13(15)16-17/h4-7,9,16H,8,15H2,1-3H3. The number of anilines is 1. The molecular formula is C14H19N3O2. The topological polar surface area (TPSA) is 73.0 Å². The van der Waals surface area contributed by atoms with Crippen LogP contribution >= 0.6 is 0 Å². The van der Waals surface area contributed by atoms with Crippen LogP contribution in [0.25, 0.3) is 0 Å². The summed E-state index contributed by atoms with van der Waals surface area (Å²) in [5.74, 6) is 1.25. The highest BCUT2D eigenvalue weighted by Gasteiger charge is 2.07. The highest BCUT2D eigenvalue weighted by Crippen LogP contribution is 2.14. The van der Waals surface area contributed by atoms with E-state index in [0.29, 0.717) is 17.9 Å². The number of benzene rings is 1. The van der Waals surface area contributed by atoms with Gasteiger partial charge in [-0.25, -0.2) is 4.68 Å². The van der Waals surface area contributed by atoms with Crippen LogP contribution in [0.3, 0.4) is 0 Å². The Morgan fingerprint density at radius 3 is 2.42 bits per heavy atom. The predicted molar refractivity (Wildman–Crippen MR) is 75.5 cm³/mol. The Bertz CT molecular complexity index is 609. The molecule has 2 rings (SSSR count). The van der Waals surface area contributed by atoms with Gasteiger partial charge >= 0.3 is 0 Å². The van der Waals surface area contributed by atoms with E-state index < -0.39 is 0 Å². The van der Waals surface area contributed by atoms with Gasteiger partial charge in [-0.1, -0.05) is 12.1 Å². The molecule has 0 bridgehead atoms. The molecule has 0 aliphatic rings. The maximum absolute atomic E-state index is 11.8. The largest absolute Gasteiger partial charge is 0.491 e. The molecule has 1 heterocycles. The molecular weight excluding hydrogens is 242 g/mol. The number of H-pyrrole nitrogens is 1. The fourth-order valence-electron chi connectivity index (χ4n) is 1.84.